The first-order chi connectivity index (χ1) is 7.04. The first kappa shape index (κ1) is 11.9. The van der Waals surface area contributed by atoms with Gasteiger partial charge < -0.3 is 15.8 Å². The van der Waals surface area contributed by atoms with Crippen molar-refractivity contribution in [3.8, 4) is 0 Å². The van der Waals surface area contributed by atoms with E-state index in [0.29, 0.717) is 22.3 Å². The maximum atomic E-state index is 11.4. The second-order valence-corrected chi connectivity index (χ2v) is 4.08. The van der Waals surface area contributed by atoms with Gasteiger partial charge in [0, 0.05) is 0 Å². The minimum atomic E-state index is -0.372. The molecule has 5 nitrogen and oxygen atoms in total. The third-order valence-corrected chi connectivity index (χ3v) is 2.64. The molecule has 1 aromatic heterocycles. The fraction of sp³-hybridized carbons (Fsp3) is 0.375. The number of nitrogens with one attached hydrogen (secondary N) is 1. The molecule has 1 heterocycles. The number of anilines is 1. The van der Waals surface area contributed by atoms with Crippen molar-refractivity contribution in [1.29, 1.82) is 0 Å². The molecular formula is C8H11N3O2S2. The Morgan fingerprint density at radius 1 is 1.73 bits per heavy atom. The largest absolute Gasteiger partial charge is 0.462 e. The molecule has 0 fully saturated rings. The number of rotatable bonds is 3. The average molecular weight is 245 g/mol. The van der Waals surface area contributed by atoms with E-state index >= 15 is 0 Å². The van der Waals surface area contributed by atoms with Gasteiger partial charge in [0.1, 0.15) is 4.88 Å². The van der Waals surface area contributed by atoms with Crippen molar-refractivity contribution in [2.24, 2.45) is 5.73 Å². The van der Waals surface area contributed by atoms with Crippen LogP contribution in [0.5, 0.6) is 0 Å². The monoisotopic (exact) mass is 245 g/mol. The molecule has 0 aliphatic carbocycles. The Morgan fingerprint density at radius 2 is 2.40 bits per heavy atom. The summed E-state index contributed by atoms with van der Waals surface area (Å²) in [6, 6.07) is 0. The van der Waals surface area contributed by atoms with E-state index in [1.54, 1.807) is 13.8 Å². The summed E-state index contributed by atoms with van der Waals surface area (Å²) in [4.78, 5) is 16.0. The van der Waals surface area contributed by atoms with Gasteiger partial charge in [0.2, 0.25) is 0 Å². The van der Waals surface area contributed by atoms with E-state index in [9.17, 15) is 4.79 Å². The number of nitrogens with zero attached hydrogens (tertiary/aromatic N) is 1. The van der Waals surface area contributed by atoms with Crippen molar-refractivity contribution in [1.82, 2.24) is 4.98 Å². The molecule has 0 aliphatic heterocycles. The van der Waals surface area contributed by atoms with Gasteiger partial charge in [0.15, 0.2) is 10.2 Å². The number of aromatic nitrogens is 1. The van der Waals surface area contributed by atoms with Crippen molar-refractivity contribution in [2.75, 3.05) is 11.9 Å². The van der Waals surface area contributed by atoms with Gasteiger partial charge in [-0.3, -0.25) is 0 Å². The number of ether oxygens (including phenoxy) is 1. The number of thiazole rings is 1. The number of carbonyl (C=O) groups excluding carboxylic acids is 1. The summed E-state index contributed by atoms with van der Waals surface area (Å²) in [6.45, 7) is 3.82. The third kappa shape index (κ3) is 3.14. The Kier molecular flexibility index (Phi) is 3.98. The van der Waals surface area contributed by atoms with E-state index < -0.39 is 0 Å². The fourth-order valence-electron chi connectivity index (χ4n) is 0.941. The molecule has 0 radical (unpaired) electrons. The van der Waals surface area contributed by atoms with Crippen molar-refractivity contribution in [3.63, 3.8) is 0 Å². The minimum Gasteiger partial charge on any atom is -0.462 e. The van der Waals surface area contributed by atoms with E-state index in [0.717, 1.165) is 0 Å². The summed E-state index contributed by atoms with van der Waals surface area (Å²) < 4.78 is 4.87. The van der Waals surface area contributed by atoms with Gasteiger partial charge in [0.25, 0.3) is 0 Å². The Balaban J connectivity index is 2.86. The topological polar surface area (TPSA) is 77.2 Å². The molecule has 7 heteroatoms. The highest BCUT2D eigenvalue weighted by molar-refractivity contribution is 7.80. The van der Waals surface area contributed by atoms with Crippen LogP contribution in [0.15, 0.2) is 0 Å². The molecule has 0 aliphatic rings. The van der Waals surface area contributed by atoms with Crippen LogP contribution in [-0.2, 0) is 4.74 Å². The highest BCUT2D eigenvalue weighted by atomic mass is 32.1. The predicted molar refractivity (Wildman–Crippen MR) is 63.2 cm³/mol. The van der Waals surface area contributed by atoms with Gasteiger partial charge in [-0.05, 0) is 26.1 Å². The SMILES string of the molecule is CCOC(=O)c1sc(NC(N)=S)nc1C. The molecule has 0 saturated carbocycles. The van der Waals surface area contributed by atoms with Crippen LogP contribution in [0.2, 0.25) is 0 Å². The van der Waals surface area contributed by atoms with Gasteiger partial charge in [0.05, 0.1) is 12.3 Å². The molecule has 0 unspecified atom stereocenters. The number of hydrogen-bond donors (Lipinski definition) is 2. The van der Waals surface area contributed by atoms with Crippen LogP contribution < -0.4 is 11.1 Å². The molecule has 0 atom stereocenters. The molecule has 0 bridgehead atoms. The first-order valence-electron chi connectivity index (χ1n) is 4.25. The van der Waals surface area contributed by atoms with Crippen LogP contribution in [0.3, 0.4) is 0 Å². The number of esters is 1. The lowest BCUT2D eigenvalue weighted by atomic mass is 10.4. The summed E-state index contributed by atoms with van der Waals surface area (Å²) in [5.74, 6) is -0.372. The van der Waals surface area contributed by atoms with E-state index in [4.69, 9.17) is 10.5 Å². The van der Waals surface area contributed by atoms with Crippen LogP contribution in [-0.4, -0.2) is 22.7 Å². The number of carbonyl (C=O) groups is 1. The van der Waals surface area contributed by atoms with Gasteiger partial charge in [-0.1, -0.05) is 11.3 Å². The molecule has 0 saturated heterocycles. The van der Waals surface area contributed by atoms with Crippen molar-refractivity contribution < 1.29 is 9.53 Å². The van der Waals surface area contributed by atoms with Gasteiger partial charge >= 0.3 is 5.97 Å². The zero-order valence-corrected chi connectivity index (χ0v) is 10.00. The molecule has 0 aromatic carbocycles. The van der Waals surface area contributed by atoms with Gasteiger partial charge in [-0.25, -0.2) is 9.78 Å². The molecule has 82 valence electrons. The van der Waals surface area contributed by atoms with Crippen LogP contribution in [0.1, 0.15) is 22.3 Å². The number of nitrogens with two attached hydrogens (primary N) is 1. The summed E-state index contributed by atoms with van der Waals surface area (Å²) >= 11 is 5.84. The Hall–Kier alpha value is -1.21. The van der Waals surface area contributed by atoms with E-state index in [-0.39, 0.29) is 11.1 Å². The lowest BCUT2D eigenvalue weighted by molar-refractivity contribution is 0.0531. The van der Waals surface area contributed by atoms with Gasteiger partial charge in [-0.2, -0.15) is 0 Å². The number of thiocarbonyl (C=S) groups is 1. The van der Waals surface area contributed by atoms with E-state index in [2.05, 4.69) is 22.5 Å². The van der Waals surface area contributed by atoms with Crippen LogP contribution in [0.25, 0.3) is 0 Å². The summed E-state index contributed by atoms with van der Waals surface area (Å²) in [5, 5.41) is 3.30. The first-order valence-corrected chi connectivity index (χ1v) is 5.48. The van der Waals surface area contributed by atoms with Crippen LogP contribution in [0.4, 0.5) is 5.13 Å². The molecule has 1 aromatic rings. The molecular weight excluding hydrogens is 234 g/mol. The fourth-order valence-corrected chi connectivity index (χ4v) is 1.98. The quantitative estimate of drug-likeness (QED) is 0.617. The summed E-state index contributed by atoms with van der Waals surface area (Å²) in [6.07, 6.45) is 0. The van der Waals surface area contributed by atoms with Crippen molar-refractivity contribution in [3.05, 3.63) is 10.6 Å². The molecule has 3 N–H and O–H groups in total. The van der Waals surface area contributed by atoms with Gasteiger partial charge in [-0.15, -0.1) is 0 Å². The molecule has 15 heavy (non-hydrogen) atoms. The Labute approximate surface area is 96.6 Å². The second kappa shape index (κ2) is 5.04. The minimum absolute atomic E-state index is 0.124. The van der Waals surface area contributed by atoms with E-state index in [1.165, 1.54) is 11.3 Å². The third-order valence-electron chi connectivity index (χ3n) is 1.49. The van der Waals surface area contributed by atoms with Crippen LogP contribution in [0, 0.1) is 6.92 Å². The normalized spacial score (nSPS) is 9.73. The molecule has 1 rings (SSSR count). The average Bonchev–Trinajstić information content (AvgIpc) is 2.46. The lowest BCUT2D eigenvalue weighted by Crippen LogP contribution is -2.18. The van der Waals surface area contributed by atoms with Crippen molar-refractivity contribution in [2.45, 2.75) is 13.8 Å². The molecule has 0 amide bonds. The Bertz CT molecular complexity index is 389. The second-order valence-electron chi connectivity index (χ2n) is 2.64. The Morgan fingerprint density at radius 3 is 2.93 bits per heavy atom. The van der Waals surface area contributed by atoms with Crippen LogP contribution >= 0.6 is 23.6 Å². The standard InChI is InChI=1S/C8H11N3O2S2/c1-3-13-6(12)5-4(2)10-8(15-5)11-7(9)14/h3H2,1-2H3,(H3,9,10,11,14). The van der Waals surface area contributed by atoms with E-state index in [1.807, 2.05) is 0 Å². The zero-order chi connectivity index (χ0) is 11.4. The predicted octanol–water partition coefficient (Wildman–Crippen LogP) is 1.28. The lowest BCUT2D eigenvalue weighted by Gasteiger charge is -1.97. The summed E-state index contributed by atoms with van der Waals surface area (Å²) in [5.41, 5.74) is 5.90. The smallest absolute Gasteiger partial charge is 0.350 e. The number of hydrogen-bond acceptors (Lipinski definition) is 5. The summed E-state index contributed by atoms with van der Waals surface area (Å²) in [7, 11) is 0. The zero-order valence-electron chi connectivity index (χ0n) is 8.36. The number of aryl methyl sites for hydroxylation is 1. The highest BCUT2D eigenvalue weighted by Crippen LogP contribution is 2.23. The highest BCUT2D eigenvalue weighted by Gasteiger charge is 2.16. The maximum absolute atomic E-state index is 11.4. The molecule has 0 spiro atoms. The maximum Gasteiger partial charge on any atom is 0.350 e. The van der Waals surface area contributed by atoms with Crippen molar-refractivity contribution >= 4 is 39.8 Å².